The van der Waals surface area contributed by atoms with Crippen molar-refractivity contribution >= 4 is 23.9 Å². The maximum atomic E-state index is 11.4. The number of rotatable bonds is 3. The number of ether oxygens (including phenoxy) is 1. The van der Waals surface area contributed by atoms with Crippen LogP contribution < -0.4 is 5.32 Å². The average Bonchev–Trinajstić information content (AvgIpc) is 2.64. The van der Waals surface area contributed by atoms with Crippen molar-refractivity contribution in [1.82, 2.24) is 5.32 Å². The number of amides is 2. The Bertz CT molecular complexity index is 560. The lowest BCUT2D eigenvalue weighted by Gasteiger charge is -1.97. The first kappa shape index (κ1) is 12.0. The summed E-state index contributed by atoms with van der Waals surface area (Å²) < 4.78 is 4.49. The van der Waals surface area contributed by atoms with Crippen LogP contribution in [0.2, 0.25) is 0 Å². The third-order valence-corrected chi connectivity index (χ3v) is 2.58. The van der Waals surface area contributed by atoms with Crippen molar-refractivity contribution in [3.8, 4) is 0 Å². The molecule has 18 heavy (non-hydrogen) atoms. The molecule has 0 unspecified atom stereocenters. The Balaban J connectivity index is 2.17. The van der Waals surface area contributed by atoms with Gasteiger partial charge < -0.3 is 4.74 Å². The van der Waals surface area contributed by atoms with Gasteiger partial charge in [0, 0.05) is 0 Å². The first-order chi connectivity index (χ1) is 8.61. The lowest BCUT2D eigenvalue weighted by Crippen LogP contribution is -2.19. The van der Waals surface area contributed by atoms with Crippen molar-refractivity contribution in [2.24, 2.45) is 0 Å². The number of hydrogen-bond acceptors (Lipinski definition) is 4. The van der Waals surface area contributed by atoms with Crippen LogP contribution in [-0.2, 0) is 9.53 Å². The standard InChI is InChI=1S/C13H11NO4/c1-18-11(15)4-2-3-8-5-6-9-10(7-8)13(17)14-12(9)16/h2-3,5-7H,4H2,1H3,(H,14,16,17). The summed E-state index contributed by atoms with van der Waals surface area (Å²) in [5, 5.41) is 2.22. The van der Waals surface area contributed by atoms with Crippen LogP contribution in [0.4, 0.5) is 0 Å². The number of methoxy groups -OCH3 is 1. The number of esters is 1. The minimum Gasteiger partial charge on any atom is -0.469 e. The number of nitrogens with one attached hydrogen (secondary N) is 1. The molecule has 0 radical (unpaired) electrons. The van der Waals surface area contributed by atoms with Crippen molar-refractivity contribution in [2.75, 3.05) is 7.11 Å². The second-order valence-corrected chi connectivity index (χ2v) is 3.77. The topological polar surface area (TPSA) is 72.5 Å². The van der Waals surface area contributed by atoms with Gasteiger partial charge in [-0.2, -0.15) is 0 Å². The van der Waals surface area contributed by atoms with Crippen LogP contribution in [0.25, 0.3) is 6.08 Å². The summed E-state index contributed by atoms with van der Waals surface area (Å²) in [5.41, 5.74) is 1.49. The van der Waals surface area contributed by atoms with Crippen molar-refractivity contribution in [3.63, 3.8) is 0 Å². The van der Waals surface area contributed by atoms with Crippen LogP contribution in [0.15, 0.2) is 24.3 Å². The highest BCUT2D eigenvalue weighted by atomic mass is 16.5. The molecule has 0 saturated heterocycles. The highest BCUT2D eigenvalue weighted by Gasteiger charge is 2.26. The zero-order chi connectivity index (χ0) is 13.1. The lowest BCUT2D eigenvalue weighted by atomic mass is 10.1. The molecule has 0 atom stereocenters. The SMILES string of the molecule is COC(=O)CC=Cc1ccc2c(c1)C(=O)NC2=O. The summed E-state index contributed by atoms with van der Waals surface area (Å²) in [7, 11) is 1.32. The summed E-state index contributed by atoms with van der Waals surface area (Å²) in [4.78, 5) is 33.6. The Kier molecular flexibility index (Phi) is 3.23. The Labute approximate surface area is 103 Å². The second-order valence-electron chi connectivity index (χ2n) is 3.77. The molecule has 1 aromatic carbocycles. The predicted octanol–water partition coefficient (Wildman–Crippen LogP) is 1.15. The van der Waals surface area contributed by atoms with Crippen LogP contribution in [0.1, 0.15) is 32.7 Å². The maximum Gasteiger partial charge on any atom is 0.309 e. The smallest absolute Gasteiger partial charge is 0.309 e. The number of hydrogen-bond donors (Lipinski definition) is 1. The largest absolute Gasteiger partial charge is 0.469 e. The predicted molar refractivity (Wildman–Crippen MR) is 63.9 cm³/mol. The summed E-state index contributed by atoms with van der Waals surface area (Å²) >= 11 is 0. The molecule has 0 aromatic heterocycles. The van der Waals surface area contributed by atoms with E-state index in [0.29, 0.717) is 11.1 Å². The number of benzene rings is 1. The van der Waals surface area contributed by atoms with E-state index in [1.54, 1.807) is 30.4 Å². The molecule has 1 heterocycles. The highest BCUT2D eigenvalue weighted by molar-refractivity contribution is 6.21. The number of carbonyl (C=O) groups excluding carboxylic acids is 3. The molecule has 0 saturated carbocycles. The molecule has 1 aromatic rings. The van der Waals surface area contributed by atoms with Gasteiger partial charge in [-0.1, -0.05) is 18.2 Å². The van der Waals surface area contributed by atoms with E-state index in [1.807, 2.05) is 0 Å². The summed E-state index contributed by atoms with van der Waals surface area (Å²) in [6.45, 7) is 0. The summed E-state index contributed by atoms with van der Waals surface area (Å²) in [6, 6.07) is 4.92. The van der Waals surface area contributed by atoms with Crippen LogP contribution in [0.5, 0.6) is 0 Å². The molecule has 0 fully saturated rings. The van der Waals surface area contributed by atoms with Crippen LogP contribution in [0.3, 0.4) is 0 Å². The monoisotopic (exact) mass is 245 g/mol. The normalized spacial score (nSPS) is 13.6. The minimum absolute atomic E-state index is 0.165. The molecule has 2 amide bonds. The van der Waals surface area contributed by atoms with Crippen LogP contribution >= 0.6 is 0 Å². The zero-order valence-corrected chi connectivity index (χ0v) is 9.73. The second kappa shape index (κ2) is 4.83. The van der Waals surface area contributed by atoms with Gasteiger partial charge in [-0.3, -0.25) is 19.7 Å². The Morgan fingerprint density at radius 3 is 2.72 bits per heavy atom. The fourth-order valence-corrected chi connectivity index (χ4v) is 1.66. The zero-order valence-electron chi connectivity index (χ0n) is 9.73. The van der Waals surface area contributed by atoms with Crippen LogP contribution in [-0.4, -0.2) is 24.9 Å². The quantitative estimate of drug-likeness (QED) is 0.640. The van der Waals surface area contributed by atoms with Gasteiger partial charge in [0.15, 0.2) is 0 Å². The van der Waals surface area contributed by atoms with Gasteiger partial charge in [-0.15, -0.1) is 0 Å². The van der Waals surface area contributed by atoms with E-state index in [0.717, 1.165) is 5.56 Å². The van der Waals surface area contributed by atoms with E-state index in [-0.39, 0.29) is 18.3 Å². The molecule has 92 valence electrons. The summed E-state index contributed by atoms with van der Waals surface area (Å²) in [6.07, 6.45) is 3.51. The number of fused-ring (bicyclic) bond motifs is 1. The van der Waals surface area contributed by atoms with Crippen LogP contribution in [0, 0.1) is 0 Å². The molecule has 1 aliphatic heterocycles. The molecule has 0 spiro atoms. The Morgan fingerprint density at radius 2 is 2.00 bits per heavy atom. The van der Waals surface area contributed by atoms with Gasteiger partial charge in [0.25, 0.3) is 11.8 Å². The lowest BCUT2D eigenvalue weighted by molar-refractivity contribution is -0.139. The van der Waals surface area contributed by atoms with Gasteiger partial charge in [-0.25, -0.2) is 0 Å². The van der Waals surface area contributed by atoms with Gasteiger partial charge in [-0.05, 0) is 17.7 Å². The fourth-order valence-electron chi connectivity index (χ4n) is 1.66. The summed E-state index contributed by atoms with van der Waals surface area (Å²) in [5.74, 6) is -1.10. The van der Waals surface area contributed by atoms with Gasteiger partial charge in [0.1, 0.15) is 0 Å². The molecular formula is C13H11NO4. The van der Waals surface area contributed by atoms with Gasteiger partial charge in [0.05, 0.1) is 24.7 Å². The molecule has 1 aliphatic rings. The molecular weight excluding hydrogens is 234 g/mol. The number of imide groups is 1. The van der Waals surface area contributed by atoms with Crippen molar-refractivity contribution in [3.05, 3.63) is 41.0 Å². The first-order valence-electron chi connectivity index (χ1n) is 5.35. The van der Waals surface area contributed by atoms with Crippen molar-refractivity contribution in [2.45, 2.75) is 6.42 Å². The van der Waals surface area contributed by atoms with Gasteiger partial charge in [0.2, 0.25) is 0 Å². The van der Waals surface area contributed by atoms with E-state index >= 15 is 0 Å². The molecule has 2 rings (SSSR count). The number of carbonyl (C=O) groups is 3. The fraction of sp³-hybridized carbons (Fsp3) is 0.154. The molecule has 5 nitrogen and oxygen atoms in total. The van der Waals surface area contributed by atoms with Crippen molar-refractivity contribution in [1.29, 1.82) is 0 Å². The van der Waals surface area contributed by atoms with E-state index in [1.165, 1.54) is 7.11 Å². The van der Waals surface area contributed by atoms with Crippen molar-refractivity contribution < 1.29 is 19.1 Å². The maximum absolute atomic E-state index is 11.4. The third kappa shape index (κ3) is 2.29. The van der Waals surface area contributed by atoms with E-state index in [9.17, 15) is 14.4 Å². The Morgan fingerprint density at radius 1 is 1.28 bits per heavy atom. The van der Waals surface area contributed by atoms with E-state index in [2.05, 4.69) is 10.1 Å². The molecule has 0 bridgehead atoms. The van der Waals surface area contributed by atoms with E-state index in [4.69, 9.17) is 0 Å². The highest BCUT2D eigenvalue weighted by Crippen LogP contribution is 2.18. The minimum atomic E-state index is -0.391. The average molecular weight is 245 g/mol. The van der Waals surface area contributed by atoms with E-state index < -0.39 is 5.91 Å². The first-order valence-corrected chi connectivity index (χ1v) is 5.35. The molecule has 1 N–H and O–H groups in total. The third-order valence-electron chi connectivity index (χ3n) is 2.58. The Hall–Kier alpha value is -2.43. The molecule has 5 heteroatoms. The molecule has 0 aliphatic carbocycles. The van der Waals surface area contributed by atoms with Gasteiger partial charge >= 0.3 is 5.97 Å².